The smallest absolute Gasteiger partial charge is 0.332 e. The highest BCUT2D eigenvalue weighted by atomic mass is 32.1. The quantitative estimate of drug-likeness (QED) is 0.747. The molecule has 3 N–H and O–H groups in total. The van der Waals surface area contributed by atoms with E-state index in [9.17, 15) is 9.59 Å². The van der Waals surface area contributed by atoms with Crippen LogP contribution < -0.4 is 10.6 Å². The molecule has 1 aromatic heterocycles. The van der Waals surface area contributed by atoms with Crippen molar-refractivity contribution < 1.29 is 19.4 Å². The van der Waals surface area contributed by atoms with Crippen LogP contribution in [0, 0.1) is 6.92 Å². The lowest BCUT2D eigenvalue weighted by Crippen LogP contribution is -2.57. The molecule has 0 aromatic carbocycles. The van der Waals surface area contributed by atoms with Crippen LogP contribution in [0.25, 0.3) is 0 Å². The van der Waals surface area contributed by atoms with E-state index in [4.69, 9.17) is 9.84 Å². The number of rotatable bonds is 4. The Kier molecular flexibility index (Phi) is 4.01. The Morgan fingerprint density at radius 1 is 1.63 bits per heavy atom. The first-order valence-corrected chi connectivity index (χ1v) is 6.62. The van der Waals surface area contributed by atoms with E-state index >= 15 is 0 Å². The first-order valence-electron chi connectivity index (χ1n) is 5.80. The first-order chi connectivity index (χ1) is 9.02. The molecule has 1 aliphatic heterocycles. The van der Waals surface area contributed by atoms with E-state index < -0.39 is 17.5 Å². The van der Waals surface area contributed by atoms with Crippen molar-refractivity contribution in [2.45, 2.75) is 25.4 Å². The molecule has 0 bridgehead atoms. The van der Waals surface area contributed by atoms with Crippen LogP contribution in [0.15, 0.2) is 6.20 Å². The number of hydrogen-bond acceptors (Lipinski definition) is 5. The summed E-state index contributed by atoms with van der Waals surface area (Å²) in [5.41, 5.74) is -1.32. The SMILES string of the molecule is Cc1cnc(CNC(=O)NC2(C(=O)O)CCOC2)s1. The second-order valence-electron chi connectivity index (χ2n) is 4.36. The largest absolute Gasteiger partial charge is 0.479 e. The Morgan fingerprint density at radius 3 is 2.95 bits per heavy atom. The molecule has 1 unspecified atom stereocenters. The molecule has 104 valence electrons. The lowest BCUT2D eigenvalue weighted by Gasteiger charge is -2.23. The lowest BCUT2D eigenvalue weighted by molar-refractivity contribution is -0.144. The minimum atomic E-state index is -1.32. The van der Waals surface area contributed by atoms with E-state index in [-0.39, 0.29) is 19.6 Å². The first kappa shape index (κ1) is 13.8. The Bertz CT molecular complexity index is 482. The molecule has 0 radical (unpaired) electrons. The van der Waals surface area contributed by atoms with Gasteiger partial charge in [0.15, 0.2) is 5.54 Å². The fourth-order valence-corrected chi connectivity index (χ4v) is 2.51. The summed E-state index contributed by atoms with van der Waals surface area (Å²) in [5, 5.41) is 15.0. The van der Waals surface area contributed by atoms with E-state index in [0.717, 1.165) is 9.88 Å². The van der Waals surface area contributed by atoms with Crippen LogP contribution in [0.3, 0.4) is 0 Å². The number of aliphatic carboxylic acids is 1. The van der Waals surface area contributed by atoms with E-state index in [1.165, 1.54) is 11.3 Å². The molecule has 1 saturated heterocycles. The van der Waals surface area contributed by atoms with Gasteiger partial charge in [0.25, 0.3) is 0 Å². The van der Waals surface area contributed by atoms with Gasteiger partial charge in [-0.05, 0) is 6.92 Å². The molecule has 8 heteroatoms. The Hall–Kier alpha value is -1.67. The van der Waals surface area contributed by atoms with Gasteiger partial charge in [-0.15, -0.1) is 11.3 Å². The van der Waals surface area contributed by atoms with Crippen LogP contribution in [0.5, 0.6) is 0 Å². The van der Waals surface area contributed by atoms with Gasteiger partial charge >= 0.3 is 12.0 Å². The zero-order valence-electron chi connectivity index (χ0n) is 10.4. The molecule has 2 rings (SSSR count). The lowest BCUT2D eigenvalue weighted by atomic mass is 9.99. The fraction of sp³-hybridized carbons (Fsp3) is 0.545. The molecule has 0 spiro atoms. The van der Waals surface area contributed by atoms with Gasteiger partial charge in [-0.2, -0.15) is 0 Å². The van der Waals surface area contributed by atoms with Gasteiger partial charge < -0.3 is 20.5 Å². The molecule has 1 aliphatic rings. The van der Waals surface area contributed by atoms with Crippen molar-refractivity contribution in [2.75, 3.05) is 13.2 Å². The number of thiazole rings is 1. The summed E-state index contributed by atoms with van der Waals surface area (Å²) in [6.45, 7) is 2.53. The Morgan fingerprint density at radius 2 is 2.42 bits per heavy atom. The summed E-state index contributed by atoms with van der Waals surface area (Å²) >= 11 is 1.48. The average Bonchev–Trinajstić information content (AvgIpc) is 2.97. The third kappa shape index (κ3) is 3.21. The maximum Gasteiger partial charge on any atom is 0.332 e. The summed E-state index contributed by atoms with van der Waals surface area (Å²) < 4.78 is 5.06. The third-order valence-electron chi connectivity index (χ3n) is 2.85. The van der Waals surface area contributed by atoms with Gasteiger partial charge in [-0.1, -0.05) is 0 Å². The molecule has 19 heavy (non-hydrogen) atoms. The molecule has 1 atom stereocenters. The zero-order chi connectivity index (χ0) is 13.9. The minimum Gasteiger partial charge on any atom is -0.479 e. The topological polar surface area (TPSA) is 101 Å². The molecule has 1 aromatic rings. The van der Waals surface area contributed by atoms with E-state index in [2.05, 4.69) is 15.6 Å². The normalized spacial score (nSPS) is 22.2. The highest BCUT2D eigenvalue weighted by Crippen LogP contribution is 2.18. The number of carboxylic acids is 1. The summed E-state index contributed by atoms with van der Waals surface area (Å²) in [7, 11) is 0. The summed E-state index contributed by atoms with van der Waals surface area (Å²) in [6.07, 6.45) is 2.00. The number of carbonyl (C=O) groups is 2. The van der Waals surface area contributed by atoms with Crippen LogP contribution in [0.1, 0.15) is 16.3 Å². The number of nitrogens with one attached hydrogen (secondary N) is 2. The van der Waals surface area contributed by atoms with Crippen LogP contribution in [0.4, 0.5) is 4.79 Å². The number of urea groups is 1. The maximum absolute atomic E-state index is 11.7. The predicted octanol–water partition coefficient (Wildman–Crippen LogP) is 0.494. The number of ether oxygens (including phenoxy) is 1. The number of carbonyl (C=O) groups excluding carboxylic acids is 1. The number of nitrogens with zero attached hydrogens (tertiary/aromatic N) is 1. The van der Waals surface area contributed by atoms with Crippen molar-refractivity contribution in [3.8, 4) is 0 Å². The molecule has 0 saturated carbocycles. The van der Waals surface area contributed by atoms with Crippen LogP contribution >= 0.6 is 11.3 Å². The van der Waals surface area contributed by atoms with Crippen molar-refractivity contribution in [3.05, 3.63) is 16.1 Å². The van der Waals surface area contributed by atoms with Gasteiger partial charge in [-0.3, -0.25) is 0 Å². The van der Waals surface area contributed by atoms with Gasteiger partial charge in [0.05, 0.1) is 13.2 Å². The minimum absolute atomic E-state index is 0.00782. The molecule has 2 amide bonds. The van der Waals surface area contributed by atoms with E-state index in [0.29, 0.717) is 6.61 Å². The second kappa shape index (κ2) is 5.54. The highest BCUT2D eigenvalue weighted by molar-refractivity contribution is 7.11. The van der Waals surface area contributed by atoms with Gasteiger partial charge in [0.2, 0.25) is 0 Å². The maximum atomic E-state index is 11.7. The summed E-state index contributed by atoms with van der Waals surface area (Å²) in [6, 6.07) is -0.527. The average molecular weight is 285 g/mol. The highest BCUT2D eigenvalue weighted by Gasteiger charge is 2.43. The van der Waals surface area contributed by atoms with Crippen molar-refractivity contribution in [2.24, 2.45) is 0 Å². The van der Waals surface area contributed by atoms with E-state index in [1.54, 1.807) is 6.20 Å². The molecular weight excluding hydrogens is 270 g/mol. The number of aryl methyl sites for hydroxylation is 1. The van der Waals surface area contributed by atoms with Gasteiger partial charge in [0.1, 0.15) is 5.01 Å². The Balaban J connectivity index is 1.88. The number of aromatic nitrogens is 1. The molecular formula is C11H15N3O4S. The number of carboxylic acid groups (broad SMARTS) is 1. The molecule has 1 fully saturated rings. The standard InChI is InChI=1S/C11H15N3O4S/c1-7-4-12-8(19-7)5-13-10(17)14-11(9(15)16)2-3-18-6-11/h4H,2-3,5-6H2,1H3,(H,15,16)(H2,13,14,17). The van der Waals surface area contributed by atoms with Gasteiger partial charge in [0, 0.05) is 24.1 Å². The second-order valence-corrected chi connectivity index (χ2v) is 5.68. The molecule has 7 nitrogen and oxygen atoms in total. The predicted molar refractivity (Wildman–Crippen MR) is 68.0 cm³/mol. The van der Waals surface area contributed by atoms with Crippen LogP contribution in [0.2, 0.25) is 0 Å². The summed E-state index contributed by atoms with van der Waals surface area (Å²) in [4.78, 5) is 28.1. The monoisotopic (exact) mass is 285 g/mol. The van der Waals surface area contributed by atoms with E-state index in [1.807, 2.05) is 6.92 Å². The fourth-order valence-electron chi connectivity index (χ4n) is 1.79. The van der Waals surface area contributed by atoms with Crippen molar-refractivity contribution in [3.63, 3.8) is 0 Å². The van der Waals surface area contributed by atoms with Crippen molar-refractivity contribution in [1.29, 1.82) is 0 Å². The third-order valence-corrected chi connectivity index (χ3v) is 3.77. The number of amides is 2. The van der Waals surface area contributed by atoms with Crippen molar-refractivity contribution >= 4 is 23.3 Å². The van der Waals surface area contributed by atoms with Crippen LogP contribution in [-0.2, 0) is 16.1 Å². The Labute approximate surface area is 114 Å². The van der Waals surface area contributed by atoms with Crippen LogP contribution in [-0.4, -0.2) is 40.8 Å². The molecule has 0 aliphatic carbocycles. The zero-order valence-corrected chi connectivity index (χ0v) is 11.2. The molecule has 2 heterocycles. The van der Waals surface area contributed by atoms with Gasteiger partial charge in [-0.25, -0.2) is 14.6 Å². The summed E-state index contributed by atoms with van der Waals surface area (Å²) in [5.74, 6) is -1.08. The van der Waals surface area contributed by atoms with Crippen molar-refractivity contribution in [1.82, 2.24) is 15.6 Å². The number of hydrogen-bond donors (Lipinski definition) is 3.